The molecular formula is C15H13BrN2O3. The Hall–Kier alpha value is -2.34. The summed E-state index contributed by atoms with van der Waals surface area (Å²) in [4.78, 5) is 23.2. The minimum atomic E-state index is -1.05. The van der Waals surface area contributed by atoms with Gasteiger partial charge in [-0.1, -0.05) is 22.0 Å². The molecule has 0 saturated carbocycles. The van der Waals surface area contributed by atoms with E-state index in [2.05, 4.69) is 21.2 Å². The van der Waals surface area contributed by atoms with Gasteiger partial charge in [0.05, 0.1) is 11.1 Å². The average Bonchev–Trinajstić information content (AvgIpc) is 2.40. The van der Waals surface area contributed by atoms with Gasteiger partial charge in [0.2, 0.25) is 0 Å². The zero-order valence-electron chi connectivity index (χ0n) is 11.2. The third kappa shape index (κ3) is 3.41. The number of aryl methyl sites for hydroxylation is 1. The first-order valence-corrected chi connectivity index (χ1v) is 6.88. The topological polar surface area (TPSA) is 92.4 Å². The van der Waals surface area contributed by atoms with E-state index in [9.17, 15) is 9.59 Å². The Morgan fingerprint density at radius 3 is 2.52 bits per heavy atom. The van der Waals surface area contributed by atoms with Crippen LogP contribution in [0, 0.1) is 6.92 Å². The van der Waals surface area contributed by atoms with Gasteiger partial charge in [-0.05, 0) is 42.8 Å². The van der Waals surface area contributed by atoms with Crippen LogP contribution in [0.1, 0.15) is 26.3 Å². The van der Waals surface area contributed by atoms with Crippen LogP contribution >= 0.6 is 15.9 Å². The summed E-state index contributed by atoms with van der Waals surface area (Å²) in [5.74, 6) is -1.43. The number of nitrogens with two attached hydrogens (primary N) is 1. The van der Waals surface area contributed by atoms with Crippen LogP contribution in [0.15, 0.2) is 40.9 Å². The number of hydrogen-bond donors (Lipinski definition) is 3. The van der Waals surface area contributed by atoms with Crippen LogP contribution < -0.4 is 11.1 Å². The number of aromatic carboxylic acids is 1. The van der Waals surface area contributed by atoms with Crippen LogP contribution in [0.25, 0.3) is 0 Å². The molecule has 2 rings (SSSR count). The van der Waals surface area contributed by atoms with Gasteiger partial charge in [0, 0.05) is 15.8 Å². The summed E-state index contributed by atoms with van der Waals surface area (Å²) in [5.41, 5.74) is 7.81. The summed E-state index contributed by atoms with van der Waals surface area (Å²) in [6, 6.07) is 9.50. The number of carbonyl (C=O) groups is 2. The summed E-state index contributed by atoms with van der Waals surface area (Å²) >= 11 is 3.27. The molecule has 4 N–H and O–H groups in total. The van der Waals surface area contributed by atoms with Crippen LogP contribution in [0.4, 0.5) is 11.4 Å². The molecule has 6 heteroatoms. The van der Waals surface area contributed by atoms with E-state index in [1.54, 1.807) is 31.2 Å². The van der Waals surface area contributed by atoms with Crippen molar-refractivity contribution in [2.24, 2.45) is 0 Å². The second-order valence-corrected chi connectivity index (χ2v) is 5.44. The highest BCUT2D eigenvalue weighted by Gasteiger charge is 2.13. The molecule has 0 aromatic heterocycles. The van der Waals surface area contributed by atoms with Crippen molar-refractivity contribution in [1.82, 2.24) is 0 Å². The smallest absolute Gasteiger partial charge is 0.335 e. The molecule has 5 nitrogen and oxygen atoms in total. The number of halogens is 1. The molecule has 0 heterocycles. The number of nitrogen functional groups attached to an aromatic ring is 1. The molecule has 1 amide bonds. The minimum Gasteiger partial charge on any atom is -0.478 e. The number of carbonyl (C=O) groups excluding carboxylic acids is 1. The normalized spacial score (nSPS) is 10.2. The maximum absolute atomic E-state index is 12.2. The standard InChI is InChI=1S/C15H13BrN2O3/c1-8-2-3-9(15(20)21)6-13(8)18-14(19)11-5-4-10(16)7-12(11)17/h2-7H,17H2,1H3,(H,18,19)(H,20,21). The minimum absolute atomic E-state index is 0.111. The lowest BCUT2D eigenvalue weighted by atomic mass is 10.1. The first-order valence-electron chi connectivity index (χ1n) is 6.09. The molecule has 108 valence electrons. The lowest BCUT2D eigenvalue weighted by Gasteiger charge is -2.11. The molecule has 2 aromatic rings. The summed E-state index contributed by atoms with van der Waals surface area (Å²) in [7, 11) is 0. The van der Waals surface area contributed by atoms with Crippen molar-refractivity contribution in [3.63, 3.8) is 0 Å². The predicted octanol–water partition coefficient (Wildman–Crippen LogP) is 3.29. The highest BCUT2D eigenvalue weighted by Crippen LogP contribution is 2.22. The van der Waals surface area contributed by atoms with Gasteiger partial charge < -0.3 is 16.2 Å². The van der Waals surface area contributed by atoms with E-state index in [1.807, 2.05) is 0 Å². The van der Waals surface area contributed by atoms with Crippen LogP contribution in [-0.2, 0) is 0 Å². The summed E-state index contributed by atoms with van der Waals surface area (Å²) < 4.78 is 0.778. The molecule has 0 bridgehead atoms. The van der Waals surface area contributed by atoms with Gasteiger partial charge in [-0.15, -0.1) is 0 Å². The molecule has 0 saturated heterocycles. The fraction of sp³-hybridized carbons (Fsp3) is 0.0667. The van der Waals surface area contributed by atoms with E-state index >= 15 is 0 Å². The van der Waals surface area contributed by atoms with Gasteiger partial charge in [-0.2, -0.15) is 0 Å². The fourth-order valence-electron chi connectivity index (χ4n) is 1.82. The Balaban J connectivity index is 2.31. The van der Waals surface area contributed by atoms with Gasteiger partial charge in [-0.3, -0.25) is 4.79 Å². The Bertz CT molecular complexity index is 729. The lowest BCUT2D eigenvalue weighted by Crippen LogP contribution is -2.15. The van der Waals surface area contributed by atoms with Crippen molar-refractivity contribution in [2.45, 2.75) is 6.92 Å². The third-order valence-electron chi connectivity index (χ3n) is 2.99. The number of anilines is 2. The molecule has 0 aliphatic heterocycles. The molecule has 0 atom stereocenters. The molecule has 2 aromatic carbocycles. The van der Waals surface area contributed by atoms with Crippen molar-refractivity contribution in [1.29, 1.82) is 0 Å². The zero-order chi connectivity index (χ0) is 15.6. The van der Waals surface area contributed by atoms with E-state index in [1.165, 1.54) is 12.1 Å². The van der Waals surface area contributed by atoms with Crippen LogP contribution in [-0.4, -0.2) is 17.0 Å². The molecule has 0 unspecified atom stereocenters. The van der Waals surface area contributed by atoms with E-state index in [0.717, 1.165) is 10.0 Å². The van der Waals surface area contributed by atoms with Gasteiger partial charge in [0.1, 0.15) is 0 Å². The zero-order valence-corrected chi connectivity index (χ0v) is 12.8. The van der Waals surface area contributed by atoms with Crippen molar-refractivity contribution in [2.75, 3.05) is 11.1 Å². The van der Waals surface area contributed by atoms with Crippen molar-refractivity contribution < 1.29 is 14.7 Å². The molecule has 21 heavy (non-hydrogen) atoms. The van der Waals surface area contributed by atoms with Gasteiger partial charge in [-0.25, -0.2) is 4.79 Å². The summed E-state index contributed by atoms with van der Waals surface area (Å²) in [6.45, 7) is 1.78. The van der Waals surface area contributed by atoms with Crippen molar-refractivity contribution in [3.05, 3.63) is 57.6 Å². The van der Waals surface area contributed by atoms with Crippen LogP contribution in [0.5, 0.6) is 0 Å². The monoisotopic (exact) mass is 348 g/mol. The number of carboxylic acid groups (broad SMARTS) is 1. The second-order valence-electron chi connectivity index (χ2n) is 4.52. The highest BCUT2D eigenvalue weighted by molar-refractivity contribution is 9.10. The quantitative estimate of drug-likeness (QED) is 0.742. The molecule has 0 radical (unpaired) electrons. The molecule has 0 aliphatic carbocycles. The number of amides is 1. The van der Waals surface area contributed by atoms with E-state index < -0.39 is 5.97 Å². The second kappa shape index (κ2) is 5.97. The Kier molecular flexibility index (Phi) is 4.28. The summed E-state index contributed by atoms with van der Waals surface area (Å²) in [6.07, 6.45) is 0. The highest BCUT2D eigenvalue weighted by atomic mass is 79.9. The van der Waals surface area contributed by atoms with Gasteiger partial charge in [0.15, 0.2) is 0 Å². The SMILES string of the molecule is Cc1ccc(C(=O)O)cc1NC(=O)c1ccc(Br)cc1N. The predicted molar refractivity (Wildman–Crippen MR) is 84.6 cm³/mol. The maximum Gasteiger partial charge on any atom is 0.335 e. The summed E-state index contributed by atoms with van der Waals surface area (Å²) in [5, 5.41) is 11.7. The van der Waals surface area contributed by atoms with Crippen molar-refractivity contribution in [3.8, 4) is 0 Å². The first-order chi connectivity index (χ1) is 9.88. The Morgan fingerprint density at radius 2 is 1.90 bits per heavy atom. The molecule has 0 spiro atoms. The van der Waals surface area contributed by atoms with E-state index in [-0.39, 0.29) is 11.5 Å². The van der Waals surface area contributed by atoms with E-state index in [4.69, 9.17) is 10.8 Å². The number of carboxylic acids is 1. The maximum atomic E-state index is 12.2. The number of nitrogens with one attached hydrogen (secondary N) is 1. The number of benzene rings is 2. The number of hydrogen-bond acceptors (Lipinski definition) is 3. The Labute approximate surface area is 129 Å². The largest absolute Gasteiger partial charge is 0.478 e. The number of rotatable bonds is 3. The van der Waals surface area contributed by atoms with Gasteiger partial charge >= 0.3 is 5.97 Å². The fourth-order valence-corrected chi connectivity index (χ4v) is 2.20. The van der Waals surface area contributed by atoms with Crippen molar-refractivity contribution >= 4 is 39.2 Å². The lowest BCUT2D eigenvalue weighted by molar-refractivity contribution is 0.0696. The first kappa shape index (κ1) is 15.1. The molecule has 0 fully saturated rings. The van der Waals surface area contributed by atoms with Crippen LogP contribution in [0.3, 0.4) is 0 Å². The van der Waals surface area contributed by atoms with E-state index in [0.29, 0.717) is 16.9 Å². The molecule has 0 aliphatic rings. The van der Waals surface area contributed by atoms with Gasteiger partial charge in [0.25, 0.3) is 5.91 Å². The van der Waals surface area contributed by atoms with Crippen LogP contribution in [0.2, 0.25) is 0 Å². The third-order valence-corrected chi connectivity index (χ3v) is 3.48. The molecular weight excluding hydrogens is 336 g/mol. The Morgan fingerprint density at radius 1 is 1.19 bits per heavy atom. The average molecular weight is 349 g/mol.